The van der Waals surface area contributed by atoms with E-state index in [4.69, 9.17) is 0 Å². The fraction of sp³-hybridized carbons (Fsp3) is 0.300. The van der Waals surface area contributed by atoms with E-state index in [9.17, 15) is 4.79 Å². The van der Waals surface area contributed by atoms with Crippen LogP contribution in [0.15, 0.2) is 66.3 Å². The number of aromatic nitrogens is 1. The van der Waals surface area contributed by atoms with Crippen molar-refractivity contribution in [1.82, 2.24) is 20.5 Å². The van der Waals surface area contributed by atoms with Gasteiger partial charge in [-0.2, -0.15) is 0 Å². The summed E-state index contributed by atoms with van der Waals surface area (Å²) in [4.78, 5) is 18.7. The molecule has 5 heteroatoms. The first-order chi connectivity index (χ1) is 12.0. The van der Waals surface area contributed by atoms with Gasteiger partial charge in [0.05, 0.1) is 5.69 Å². The van der Waals surface area contributed by atoms with Gasteiger partial charge in [-0.1, -0.05) is 30.7 Å². The van der Waals surface area contributed by atoms with Crippen LogP contribution in [0.25, 0.3) is 5.57 Å². The van der Waals surface area contributed by atoms with Crippen LogP contribution in [0.4, 0.5) is 0 Å². The zero-order valence-electron chi connectivity index (χ0n) is 15.3. The number of amides is 1. The molecule has 2 heterocycles. The standard InChI is InChI=1S/C20H26N4O/c1-5-15(3)14-24(4)18(6-2)20(25)23-19-11-10-16(13-22-19)17-9-7-8-12-21-17/h6-14,19,22H,5H2,1-4H3,(H,23,25)/b15-14?,18-6-. The number of hydrogen-bond acceptors (Lipinski definition) is 4. The van der Waals surface area contributed by atoms with Gasteiger partial charge in [-0.15, -0.1) is 0 Å². The Balaban J connectivity index is 1.98. The summed E-state index contributed by atoms with van der Waals surface area (Å²) in [5.41, 5.74) is 3.71. The lowest BCUT2D eigenvalue weighted by Gasteiger charge is -2.23. The van der Waals surface area contributed by atoms with E-state index in [0.29, 0.717) is 5.70 Å². The Kier molecular flexibility index (Phi) is 6.57. The van der Waals surface area contributed by atoms with E-state index in [2.05, 4.69) is 29.5 Å². The Bertz CT molecular complexity index is 716. The number of allylic oxidation sites excluding steroid dienone is 4. The van der Waals surface area contributed by atoms with Gasteiger partial charge in [0.2, 0.25) is 0 Å². The molecule has 1 aromatic heterocycles. The Labute approximate surface area is 149 Å². The number of likely N-dealkylation sites (N-methyl/N-ethyl adjacent to an activating group) is 1. The minimum atomic E-state index is -0.250. The molecule has 1 amide bonds. The van der Waals surface area contributed by atoms with Crippen LogP contribution in [-0.2, 0) is 4.79 Å². The molecule has 25 heavy (non-hydrogen) atoms. The lowest BCUT2D eigenvalue weighted by molar-refractivity contribution is -0.119. The fourth-order valence-electron chi connectivity index (χ4n) is 2.47. The van der Waals surface area contributed by atoms with Gasteiger partial charge in [0.15, 0.2) is 0 Å². The monoisotopic (exact) mass is 338 g/mol. The maximum absolute atomic E-state index is 12.5. The summed E-state index contributed by atoms with van der Waals surface area (Å²) in [6.45, 7) is 6.01. The molecule has 0 aliphatic carbocycles. The highest BCUT2D eigenvalue weighted by molar-refractivity contribution is 5.93. The van der Waals surface area contributed by atoms with Gasteiger partial charge in [0.1, 0.15) is 11.9 Å². The van der Waals surface area contributed by atoms with Crippen molar-refractivity contribution in [2.45, 2.75) is 33.4 Å². The molecule has 1 aliphatic heterocycles. The summed E-state index contributed by atoms with van der Waals surface area (Å²) >= 11 is 0. The van der Waals surface area contributed by atoms with Gasteiger partial charge in [-0.25, -0.2) is 0 Å². The number of rotatable bonds is 6. The van der Waals surface area contributed by atoms with E-state index in [1.165, 1.54) is 5.57 Å². The van der Waals surface area contributed by atoms with E-state index in [1.54, 1.807) is 6.20 Å². The molecule has 1 unspecified atom stereocenters. The summed E-state index contributed by atoms with van der Waals surface area (Å²) in [5.74, 6) is -0.123. The molecule has 5 nitrogen and oxygen atoms in total. The van der Waals surface area contributed by atoms with Crippen LogP contribution < -0.4 is 10.6 Å². The molecule has 2 rings (SSSR count). The summed E-state index contributed by atoms with van der Waals surface area (Å²) in [7, 11) is 1.89. The van der Waals surface area contributed by atoms with Crippen molar-refractivity contribution < 1.29 is 4.79 Å². The second kappa shape index (κ2) is 8.87. The van der Waals surface area contributed by atoms with E-state index in [1.807, 2.05) is 67.7 Å². The van der Waals surface area contributed by atoms with Gasteiger partial charge < -0.3 is 15.5 Å². The lowest BCUT2D eigenvalue weighted by Crippen LogP contribution is -2.45. The second-order valence-corrected chi connectivity index (χ2v) is 5.91. The molecule has 0 saturated carbocycles. The number of carbonyl (C=O) groups is 1. The topological polar surface area (TPSA) is 57.3 Å². The van der Waals surface area contributed by atoms with Crippen LogP contribution in [0, 0.1) is 0 Å². The lowest BCUT2D eigenvalue weighted by atomic mass is 10.1. The Morgan fingerprint density at radius 3 is 2.80 bits per heavy atom. The molecule has 132 valence electrons. The van der Waals surface area contributed by atoms with E-state index in [-0.39, 0.29) is 12.1 Å². The van der Waals surface area contributed by atoms with Gasteiger partial charge >= 0.3 is 0 Å². The van der Waals surface area contributed by atoms with Crippen LogP contribution in [-0.4, -0.2) is 29.0 Å². The van der Waals surface area contributed by atoms with E-state index < -0.39 is 0 Å². The highest BCUT2D eigenvalue weighted by Crippen LogP contribution is 2.15. The highest BCUT2D eigenvalue weighted by Gasteiger charge is 2.17. The normalized spacial score (nSPS) is 17.6. The van der Waals surface area contributed by atoms with Gasteiger partial charge in [-0.05, 0) is 38.5 Å². The number of dihydropyridines is 1. The predicted octanol–water partition coefficient (Wildman–Crippen LogP) is 3.17. The Morgan fingerprint density at radius 2 is 2.24 bits per heavy atom. The molecular formula is C20H26N4O. The SMILES string of the molecule is C/C=C(/C(=O)NC1C=CC(c2ccccn2)=CN1)N(C)C=C(C)CC. The molecule has 0 saturated heterocycles. The predicted molar refractivity (Wildman–Crippen MR) is 102 cm³/mol. The minimum Gasteiger partial charge on any atom is -0.367 e. The number of nitrogens with zero attached hydrogens (tertiary/aromatic N) is 2. The van der Waals surface area contributed by atoms with Gasteiger partial charge in [-0.3, -0.25) is 9.78 Å². The Hall–Kier alpha value is -2.82. The maximum atomic E-state index is 12.5. The molecule has 0 spiro atoms. The van der Waals surface area contributed by atoms with Crippen molar-refractivity contribution in [1.29, 1.82) is 0 Å². The average Bonchev–Trinajstić information content (AvgIpc) is 2.63. The van der Waals surface area contributed by atoms with Crippen LogP contribution in [0.3, 0.4) is 0 Å². The molecule has 1 aliphatic rings. The van der Waals surface area contributed by atoms with Crippen LogP contribution in [0.5, 0.6) is 0 Å². The third-order valence-electron chi connectivity index (χ3n) is 3.99. The number of carbonyl (C=O) groups excluding carboxylic acids is 1. The van der Waals surface area contributed by atoms with Crippen LogP contribution >= 0.6 is 0 Å². The highest BCUT2D eigenvalue weighted by atomic mass is 16.2. The molecule has 1 aromatic rings. The first kappa shape index (κ1) is 18.5. The van der Waals surface area contributed by atoms with Gasteiger partial charge in [0.25, 0.3) is 5.91 Å². The zero-order valence-corrected chi connectivity index (χ0v) is 15.3. The van der Waals surface area contributed by atoms with Gasteiger partial charge in [0, 0.05) is 31.2 Å². The molecule has 0 fully saturated rings. The first-order valence-corrected chi connectivity index (χ1v) is 8.48. The number of pyridine rings is 1. The fourth-order valence-corrected chi connectivity index (χ4v) is 2.47. The summed E-state index contributed by atoms with van der Waals surface area (Å²) in [5, 5.41) is 6.16. The van der Waals surface area contributed by atoms with E-state index >= 15 is 0 Å². The van der Waals surface area contributed by atoms with Crippen molar-refractivity contribution >= 4 is 11.5 Å². The van der Waals surface area contributed by atoms with Crippen molar-refractivity contribution in [3.8, 4) is 0 Å². The van der Waals surface area contributed by atoms with Crippen LogP contribution in [0.1, 0.15) is 32.9 Å². The smallest absolute Gasteiger partial charge is 0.269 e. The molecule has 0 radical (unpaired) electrons. The minimum absolute atomic E-state index is 0.123. The van der Waals surface area contributed by atoms with Crippen molar-refractivity contribution in [2.24, 2.45) is 0 Å². The second-order valence-electron chi connectivity index (χ2n) is 5.91. The third kappa shape index (κ3) is 5.08. The molecule has 2 N–H and O–H groups in total. The average molecular weight is 338 g/mol. The summed E-state index contributed by atoms with van der Waals surface area (Å²) in [6.07, 6.45) is 12.0. The molecule has 1 atom stereocenters. The molecular weight excluding hydrogens is 312 g/mol. The number of nitrogens with one attached hydrogen (secondary N) is 2. The molecule has 0 aromatic carbocycles. The van der Waals surface area contributed by atoms with Crippen molar-refractivity contribution in [3.05, 3.63) is 72.0 Å². The molecule has 0 bridgehead atoms. The van der Waals surface area contributed by atoms with Crippen LogP contribution in [0.2, 0.25) is 0 Å². The number of hydrogen-bond donors (Lipinski definition) is 2. The quantitative estimate of drug-likeness (QED) is 0.782. The summed E-state index contributed by atoms with van der Waals surface area (Å²) in [6, 6.07) is 5.79. The largest absolute Gasteiger partial charge is 0.367 e. The van der Waals surface area contributed by atoms with Crippen molar-refractivity contribution in [2.75, 3.05) is 7.05 Å². The Morgan fingerprint density at radius 1 is 1.44 bits per heavy atom. The first-order valence-electron chi connectivity index (χ1n) is 8.48. The van der Waals surface area contributed by atoms with Crippen molar-refractivity contribution in [3.63, 3.8) is 0 Å². The zero-order chi connectivity index (χ0) is 18.2. The maximum Gasteiger partial charge on any atom is 0.269 e. The summed E-state index contributed by atoms with van der Waals surface area (Å²) < 4.78 is 0. The third-order valence-corrected chi connectivity index (χ3v) is 3.99. The van der Waals surface area contributed by atoms with E-state index in [0.717, 1.165) is 17.7 Å².